The predicted molar refractivity (Wildman–Crippen MR) is 133 cm³/mol. The number of nitrogens with zero attached hydrogens (tertiary/aromatic N) is 3. The number of carbonyl (C=O) groups excluding carboxylic acids is 1. The summed E-state index contributed by atoms with van der Waals surface area (Å²) in [5.41, 5.74) is 2.45. The molecule has 0 spiro atoms. The molecule has 1 aromatic heterocycles. The summed E-state index contributed by atoms with van der Waals surface area (Å²) in [4.78, 5) is 13.1. The number of anilines is 1. The lowest BCUT2D eigenvalue weighted by atomic mass is 10.1. The van der Waals surface area contributed by atoms with Gasteiger partial charge in [0.2, 0.25) is 5.91 Å². The van der Waals surface area contributed by atoms with Crippen LogP contribution in [0.25, 0.3) is 0 Å². The van der Waals surface area contributed by atoms with E-state index in [1.54, 1.807) is 45.2 Å². The zero-order valence-electron chi connectivity index (χ0n) is 20.3. The van der Waals surface area contributed by atoms with Crippen molar-refractivity contribution >= 4 is 21.6 Å². The molecule has 182 valence electrons. The number of hydrogen-bond acceptors (Lipinski definition) is 5. The van der Waals surface area contributed by atoms with Crippen LogP contribution in [0.3, 0.4) is 0 Å². The van der Waals surface area contributed by atoms with E-state index in [2.05, 4.69) is 10.4 Å². The maximum absolute atomic E-state index is 13.7. The largest absolute Gasteiger partial charge is 0.497 e. The zero-order chi connectivity index (χ0) is 24.9. The number of nitrogens with one attached hydrogen (secondary N) is 1. The molecule has 1 N–H and O–H groups in total. The van der Waals surface area contributed by atoms with E-state index in [1.807, 2.05) is 37.3 Å². The summed E-state index contributed by atoms with van der Waals surface area (Å²) in [6, 6.07) is 16.5. The number of hydrogen-bond donors (Lipinski definition) is 1. The van der Waals surface area contributed by atoms with E-state index in [0.717, 1.165) is 17.1 Å². The lowest BCUT2D eigenvalue weighted by molar-refractivity contribution is -0.120. The van der Waals surface area contributed by atoms with Crippen molar-refractivity contribution in [3.05, 3.63) is 71.5 Å². The molecule has 1 unspecified atom stereocenters. The standard InChI is InChI=1S/C25H32N4O4S/c1-18(11-12-21-9-7-6-8-10-21)26-24(30)17-29(22-13-15-23(33-5)16-14-22)34(31,32)25-19(2)27-28(4)20(25)3/h6-10,13-16,18H,11-12,17H2,1-5H3,(H,26,30). The van der Waals surface area contributed by atoms with Gasteiger partial charge in [0.15, 0.2) is 0 Å². The summed E-state index contributed by atoms with van der Waals surface area (Å²) in [5, 5.41) is 7.19. The molecular formula is C25H32N4O4S. The van der Waals surface area contributed by atoms with Gasteiger partial charge in [-0.3, -0.25) is 13.8 Å². The molecule has 8 nitrogen and oxygen atoms in total. The predicted octanol–water partition coefficient (Wildman–Crippen LogP) is 3.38. The second kappa shape index (κ2) is 10.7. The Kier molecular flexibility index (Phi) is 7.98. The fourth-order valence-corrected chi connectivity index (χ4v) is 5.68. The smallest absolute Gasteiger partial charge is 0.268 e. The first-order valence-corrected chi connectivity index (χ1v) is 12.6. The van der Waals surface area contributed by atoms with Crippen LogP contribution in [0.2, 0.25) is 0 Å². The van der Waals surface area contributed by atoms with E-state index in [0.29, 0.717) is 22.8 Å². The van der Waals surface area contributed by atoms with Crippen LogP contribution in [0.15, 0.2) is 59.5 Å². The molecule has 0 saturated heterocycles. The first-order chi connectivity index (χ1) is 16.1. The van der Waals surface area contributed by atoms with Crippen LogP contribution < -0.4 is 14.4 Å². The first kappa shape index (κ1) is 25.3. The van der Waals surface area contributed by atoms with Crippen molar-refractivity contribution in [2.75, 3.05) is 18.0 Å². The van der Waals surface area contributed by atoms with Crippen molar-refractivity contribution in [1.29, 1.82) is 0 Å². The van der Waals surface area contributed by atoms with Gasteiger partial charge in [0, 0.05) is 13.1 Å². The number of benzene rings is 2. The van der Waals surface area contributed by atoms with Gasteiger partial charge in [-0.05, 0) is 63.4 Å². The normalized spacial score (nSPS) is 12.3. The highest BCUT2D eigenvalue weighted by Gasteiger charge is 2.32. The van der Waals surface area contributed by atoms with Crippen molar-refractivity contribution in [2.24, 2.45) is 7.05 Å². The monoisotopic (exact) mass is 484 g/mol. The van der Waals surface area contributed by atoms with Crippen molar-refractivity contribution < 1.29 is 17.9 Å². The molecule has 1 amide bonds. The summed E-state index contributed by atoms with van der Waals surface area (Å²) in [6.45, 7) is 4.92. The molecular weight excluding hydrogens is 452 g/mol. The highest BCUT2D eigenvalue weighted by atomic mass is 32.2. The lowest BCUT2D eigenvalue weighted by Crippen LogP contribution is -2.44. The molecule has 0 fully saturated rings. The molecule has 0 aliphatic rings. The number of ether oxygens (including phenoxy) is 1. The summed E-state index contributed by atoms with van der Waals surface area (Å²) in [5.74, 6) is 0.216. The van der Waals surface area contributed by atoms with Gasteiger partial charge in [0.05, 0.1) is 24.2 Å². The zero-order valence-corrected chi connectivity index (χ0v) is 21.1. The van der Waals surface area contributed by atoms with E-state index >= 15 is 0 Å². The Morgan fingerprint density at radius 2 is 1.76 bits per heavy atom. The highest BCUT2D eigenvalue weighted by molar-refractivity contribution is 7.93. The third kappa shape index (κ3) is 5.77. The van der Waals surface area contributed by atoms with Gasteiger partial charge in [-0.25, -0.2) is 8.42 Å². The van der Waals surface area contributed by atoms with Gasteiger partial charge in [-0.1, -0.05) is 30.3 Å². The Hall–Kier alpha value is -3.33. The number of aryl methyl sites for hydroxylation is 3. The summed E-state index contributed by atoms with van der Waals surface area (Å²) < 4.78 is 35.3. The number of aromatic nitrogens is 2. The van der Waals surface area contributed by atoms with Crippen molar-refractivity contribution in [2.45, 2.75) is 44.6 Å². The second-order valence-electron chi connectivity index (χ2n) is 8.33. The van der Waals surface area contributed by atoms with Gasteiger partial charge in [-0.2, -0.15) is 5.10 Å². The van der Waals surface area contributed by atoms with Crippen molar-refractivity contribution in [1.82, 2.24) is 15.1 Å². The van der Waals surface area contributed by atoms with Gasteiger partial charge in [0.25, 0.3) is 10.0 Å². The Labute approximate surface area is 201 Å². The lowest BCUT2D eigenvalue weighted by Gasteiger charge is -2.25. The Bertz CT molecular complexity index is 1220. The molecule has 2 aromatic carbocycles. The molecule has 0 aliphatic carbocycles. The van der Waals surface area contributed by atoms with Crippen LogP contribution in [0, 0.1) is 13.8 Å². The first-order valence-electron chi connectivity index (χ1n) is 11.1. The summed E-state index contributed by atoms with van der Waals surface area (Å²) >= 11 is 0. The van der Waals surface area contributed by atoms with Crippen molar-refractivity contribution in [3.8, 4) is 5.75 Å². The number of carbonyl (C=O) groups is 1. The van der Waals surface area contributed by atoms with E-state index in [9.17, 15) is 13.2 Å². The minimum atomic E-state index is -4.05. The minimum absolute atomic E-state index is 0.107. The fourth-order valence-electron chi connectivity index (χ4n) is 3.85. The quantitative estimate of drug-likeness (QED) is 0.476. The van der Waals surface area contributed by atoms with E-state index in [-0.39, 0.29) is 23.4 Å². The second-order valence-corrected chi connectivity index (χ2v) is 10.1. The molecule has 0 bridgehead atoms. The molecule has 9 heteroatoms. The van der Waals surface area contributed by atoms with Crippen LogP contribution in [0.1, 0.15) is 30.3 Å². The minimum Gasteiger partial charge on any atom is -0.497 e. The van der Waals surface area contributed by atoms with Gasteiger partial charge < -0.3 is 10.1 Å². The Balaban J connectivity index is 1.83. The number of methoxy groups -OCH3 is 1. The van der Waals surface area contributed by atoms with Crippen LogP contribution in [0.4, 0.5) is 5.69 Å². The average molecular weight is 485 g/mol. The van der Waals surface area contributed by atoms with Gasteiger partial charge in [0.1, 0.15) is 17.2 Å². The molecule has 1 heterocycles. The number of rotatable bonds is 10. The topological polar surface area (TPSA) is 93.5 Å². The Morgan fingerprint density at radius 3 is 2.32 bits per heavy atom. The number of amides is 1. The molecule has 0 radical (unpaired) electrons. The maximum atomic E-state index is 13.7. The maximum Gasteiger partial charge on any atom is 0.268 e. The molecule has 3 rings (SSSR count). The number of sulfonamides is 1. The van der Waals surface area contributed by atoms with Crippen LogP contribution >= 0.6 is 0 Å². The van der Waals surface area contributed by atoms with Crippen LogP contribution in [-0.2, 0) is 28.3 Å². The molecule has 3 aromatic rings. The van der Waals surface area contributed by atoms with E-state index < -0.39 is 10.0 Å². The SMILES string of the molecule is COc1ccc(N(CC(=O)NC(C)CCc2ccccc2)S(=O)(=O)c2c(C)nn(C)c2C)cc1. The Morgan fingerprint density at radius 1 is 1.12 bits per heavy atom. The van der Waals surface area contributed by atoms with Crippen LogP contribution in [0.5, 0.6) is 5.75 Å². The molecule has 0 aliphatic heterocycles. The fraction of sp³-hybridized carbons (Fsp3) is 0.360. The third-order valence-corrected chi connectivity index (χ3v) is 7.78. The van der Waals surface area contributed by atoms with Crippen LogP contribution in [-0.4, -0.2) is 43.8 Å². The molecule has 1 atom stereocenters. The summed E-state index contributed by atoms with van der Waals surface area (Å²) in [7, 11) is -0.819. The van der Waals surface area contributed by atoms with E-state index in [4.69, 9.17) is 4.74 Å². The average Bonchev–Trinajstić information content (AvgIpc) is 3.08. The van der Waals surface area contributed by atoms with E-state index in [1.165, 1.54) is 17.4 Å². The molecule has 34 heavy (non-hydrogen) atoms. The van der Waals surface area contributed by atoms with Gasteiger partial charge >= 0.3 is 0 Å². The highest BCUT2D eigenvalue weighted by Crippen LogP contribution is 2.29. The van der Waals surface area contributed by atoms with Crippen molar-refractivity contribution in [3.63, 3.8) is 0 Å². The van der Waals surface area contributed by atoms with Gasteiger partial charge in [-0.15, -0.1) is 0 Å². The third-order valence-electron chi connectivity index (χ3n) is 5.75. The summed E-state index contributed by atoms with van der Waals surface area (Å²) in [6.07, 6.45) is 1.56. The molecule has 0 saturated carbocycles.